The molecule has 2 atom stereocenters. The van der Waals surface area contributed by atoms with Crippen molar-refractivity contribution in [3.8, 4) is 0 Å². The number of nitrogens with one attached hydrogen (secondary N) is 1. The Morgan fingerprint density at radius 1 is 1.43 bits per heavy atom. The van der Waals surface area contributed by atoms with E-state index in [9.17, 15) is 0 Å². The first-order valence-corrected chi connectivity index (χ1v) is 8.91. The highest BCUT2D eigenvalue weighted by molar-refractivity contribution is 7.13. The Balaban J connectivity index is 1.58. The lowest BCUT2D eigenvalue weighted by atomic mass is 10.2. The van der Waals surface area contributed by atoms with E-state index in [1.165, 1.54) is 17.2 Å². The van der Waals surface area contributed by atoms with Crippen molar-refractivity contribution in [2.75, 3.05) is 50.8 Å². The van der Waals surface area contributed by atoms with Gasteiger partial charge < -0.3 is 15.0 Å². The molecule has 0 saturated carbocycles. The summed E-state index contributed by atoms with van der Waals surface area (Å²) in [5.74, 6) is 0. The van der Waals surface area contributed by atoms with Crippen LogP contribution in [0, 0.1) is 0 Å². The van der Waals surface area contributed by atoms with Crippen molar-refractivity contribution in [1.29, 1.82) is 0 Å². The maximum absolute atomic E-state index is 5.45. The average molecular weight is 310 g/mol. The fraction of sp³-hybridized carbons (Fsp3) is 0.800. The standard InChI is InChI=1S/C15H26N4OS/c1-3-16-12(2)14-11-21-15(17-14)19-5-4-13(10-19)18-6-8-20-9-7-18/h11-13,16H,3-10H2,1-2H3. The van der Waals surface area contributed by atoms with Gasteiger partial charge in [-0.1, -0.05) is 6.92 Å². The molecule has 0 spiro atoms. The molecule has 21 heavy (non-hydrogen) atoms. The summed E-state index contributed by atoms with van der Waals surface area (Å²) < 4.78 is 5.45. The Hall–Kier alpha value is -0.690. The zero-order valence-corrected chi connectivity index (χ0v) is 13.9. The van der Waals surface area contributed by atoms with Gasteiger partial charge in [-0.25, -0.2) is 4.98 Å². The summed E-state index contributed by atoms with van der Waals surface area (Å²) in [6, 6.07) is 1.02. The minimum absolute atomic E-state index is 0.345. The number of hydrogen-bond donors (Lipinski definition) is 1. The SMILES string of the molecule is CCNC(C)c1csc(N2CCC(N3CCOCC3)C2)n1. The third-order valence-electron chi connectivity index (χ3n) is 4.46. The predicted molar refractivity (Wildman–Crippen MR) is 87.2 cm³/mol. The molecule has 0 bridgehead atoms. The zero-order chi connectivity index (χ0) is 14.7. The first-order valence-electron chi connectivity index (χ1n) is 8.03. The molecule has 3 rings (SSSR count). The summed E-state index contributed by atoms with van der Waals surface area (Å²) >= 11 is 1.78. The molecule has 6 heteroatoms. The molecule has 118 valence electrons. The van der Waals surface area contributed by atoms with Gasteiger partial charge in [0.05, 0.1) is 18.9 Å². The summed E-state index contributed by atoms with van der Waals surface area (Å²) in [6.45, 7) is 11.5. The van der Waals surface area contributed by atoms with Gasteiger partial charge in [-0.2, -0.15) is 0 Å². The smallest absolute Gasteiger partial charge is 0.185 e. The molecule has 2 aliphatic rings. The summed E-state index contributed by atoms with van der Waals surface area (Å²) in [5, 5.41) is 6.81. The second-order valence-corrected chi connectivity index (χ2v) is 6.71. The Morgan fingerprint density at radius 2 is 2.24 bits per heavy atom. The fourth-order valence-corrected chi connectivity index (χ4v) is 4.14. The first kappa shape index (κ1) is 15.2. The zero-order valence-electron chi connectivity index (χ0n) is 13.0. The maximum atomic E-state index is 5.45. The third-order valence-corrected chi connectivity index (χ3v) is 5.38. The summed E-state index contributed by atoms with van der Waals surface area (Å²) in [6.07, 6.45) is 1.25. The normalized spacial score (nSPS) is 25.4. The minimum Gasteiger partial charge on any atom is -0.379 e. The van der Waals surface area contributed by atoms with Gasteiger partial charge in [0, 0.05) is 43.6 Å². The van der Waals surface area contributed by atoms with Gasteiger partial charge in [0.1, 0.15) is 0 Å². The molecule has 0 aliphatic carbocycles. The lowest BCUT2D eigenvalue weighted by molar-refractivity contribution is 0.0209. The molecule has 2 unspecified atom stereocenters. The quantitative estimate of drug-likeness (QED) is 0.897. The third kappa shape index (κ3) is 3.56. The van der Waals surface area contributed by atoms with Crippen molar-refractivity contribution in [2.45, 2.75) is 32.4 Å². The molecule has 0 aromatic carbocycles. The van der Waals surface area contributed by atoms with Gasteiger partial charge >= 0.3 is 0 Å². The van der Waals surface area contributed by atoms with Crippen LogP contribution in [0.1, 0.15) is 32.0 Å². The van der Waals surface area contributed by atoms with Crippen molar-refractivity contribution in [1.82, 2.24) is 15.2 Å². The Kier molecular flexibility index (Phi) is 5.11. The van der Waals surface area contributed by atoms with Crippen LogP contribution in [0.25, 0.3) is 0 Å². The second-order valence-electron chi connectivity index (χ2n) is 5.87. The Morgan fingerprint density at radius 3 is 3.00 bits per heavy atom. The largest absolute Gasteiger partial charge is 0.379 e. The molecule has 0 radical (unpaired) electrons. The van der Waals surface area contributed by atoms with Crippen LogP contribution >= 0.6 is 11.3 Å². The molecule has 2 saturated heterocycles. The van der Waals surface area contributed by atoms with Crippen LogP contribution < -0.4 is 10.2 Å². The van der Waals surface area contributed by atoms with Crippen molar-refractivity contribution in [2.24, 2.45) is 0 Å². The number of nitrogens with zero attached hydrogens (tertiary/aromatic N) is 3. The van der Waals surface area contributed by atoms with Crippen LogP contribution in [0.2, 0.25) is 0 Å². The maximum Gasteiger partial charge on any atom is 0.185 e. The summed E-state index contributed by atoms with van der Waals surface area (Å²) in [5.41, 5.74) is 1.17. The molecule has 3 heterocycles. The van der Waals surface area contributed by atoms with E-state index in [1.54, 1.807) is 11.3 Å². The number of morpholine rings is 1. The van der Waals surface area contributed by atoms with Gasteiger partial charge in [-0.15, -0.1) is 11.3 Å². The van der Waals surface area contributed by atoms with E-state index < -0.39 is 0 Å². The molecule has 1 aromatic heterocycles. The van der Waals surface area contributed by atoms with Gasteiger partial charge in [0.15, 0.2) is 5.13 Å². The number of aromatic nitrogens is 1. The van der Waals surface area contributed by atoms with E-state index in [0.717, 1.165) is 45.9 Å². The highest BCUT2D eigenvalue weighted by Crippen LogP contribution is 2.28. The van der Waals surface area contributed by atoms with Crippen LogP contribution in [0.5, 0.6) is 0 Å². The van der Waals surface area contributed by atoms with E-state index in [4.69, 9.17) is 9.72 Å². The van der Waals surface area contributed by atoms with Crippen molar-refractivity contribution < 1.29 is 4.74 Å². The molecule has 5 nitrogen and oxygen atoms in total. The van der Waals surface area contributed by atoms with Gasteiger partial charge in [-0.05, 0) is 19.9 Å². The summed E-state index contributed by atoms with van der Waals surface area (Å²) in [4.78, 5) is 9.86. The van der Waals surface area contributed by atoms with Crippen LogP contribution in [0.15, 0.2) is 5.38 Å². The highest BCUT2D eigenvalue weighted by Gasteiger charge is 2.30. The van der Waals surface area contributed by atoms with E-state index in [1.807, 2.05) is 0 Å². The Labute approximate surface area is 131 Å². The fourth-order valence-electron chi connectivity index (χ4n) is 3.19. The van der Waals surface area contributed by atoms with Crippen LogP contribution in [-0.2, 0) is 4.74 Å². The predicted octanol–water partition coefficient (Wildman–Crippen LogP) is 1.72. The lowest BCUT2D eigenvalue weighted by Crippen LogP contribution is -2.44. The van der Waals surface area contributed by atoms with Crippen molar-refractivity contribution in [3.63, 3.8) is 0 Å². The Bertz CT molecular complexity index is 447. The van der Waals surface area contributed by atoms with Crippen molar-refractivity contribution in [3.05, 3.63) is 11.1 Å². The number of rotatable bonds is 5. The molecule has 1 aromatic rings. The number of thiazole rings is 1. The van der Waals surface area contributed by atoms with Gasteiger partial charge in [0.2, 0.25) is 0 Å². The van der Waals surface area contributed by atoms with Crippen LogP contribution in [-0.4, -0.2) is 61.9 Å². The molecule has 0 amide bonds. The molecule has 2 aliphatic heterocycles. The van der Waals surface area contributed by atoms with Gasteiger partial charge in [0.25, 0.3) is 0 Å². The number of ether oxygens (including phenoxy) is 1. The number of anilines is 1. The number of hydrogen-bond acceptors (Lipinski definition) is 6. The highest BCUT2D eigenvalue weighted by atomic mass is 32.1. The molecule has 2 fully saturated rings. The summed E-state index contributed by atoms with van der Waals surface area (Å²) in [7, 11) is 0. The van der Waals surface area contributed by atoms with E-state index in [2.05, 4.69) is 34.3 Å². The molecule has 1 N–H and O–H groups in total. The van der Waals surface area contributed by atoms with Crippen molar-refractivity contribution >= 4 is 16.5 Å². The lowest BCUT2D eigenvalue weighted by Gasteiger charge is -2.32. The average Bonchev–Trinajstić information content (AvgIpc) is 3.17. The van der Waals surface area contributed by atoms with Crippen LogP contribution in [0.3, 0.4) is 0 Å². The topological polar surface area (TPSA) is 40.6 Å². The monoisotopic (exact) mass is 310 g/mol. The molecular weight excluding hydrogens is 284 g/mol. The van der Waals surface area contributed by atoms with Gasteiger partial charge in [-0.3, -0.25) is 4.90 Å². The second kappa shape index (κ2) is 7.05. The first-order chi connectivity index (χ1) is 10.3. The van der Waals surface area contributed by atoms with E-state index in [-0.39, 0.29) is 0 Å². The van der Waals surface area contributed by atoms with Crippen LogP contribution in [0.4, 0.5) is 5.13 Å². The van der Waals surface area contributed by atoms with E-state index >= 15 is 0 Å². The van der Waals surface area contributed by atoms with E-state index in [0.29, 0.717) is 12.1 Å². The minimum atomic E-state index is 0.345. The molecular formula is C15H26N4OS.